The molecule has 0 amide bonds. The number of thioether (sulfide) groups is 1. The van der Waals surface area contributed by atoms with E-state index in [9.17, 15) is 23.1 Å². The molecule has 0 aliphatic rings. The van der Waals surface area contributed by atoms with Gasteiger partial charge in [0.05, 0.1) is 7.11 Å². The van der Waals surface area contributed by atoms with Crippen LogP contribution in [0.25, 0.3) is 0 Å². The van der Waals surface area contributed by atoms with Crippen LogP contribution in [0, 0.1) is 0 Å². The minimum Gasteiger partial charge on any atom is -0.507 e. The van der Waals surface area contributed by atoms with Gasteiger partial charge in [-0.05, 0) is 29.8 Å². The molecule has 0 saturated heterocycles. The Bertz CT molecular complexity index is 687. The third kappa shape index (κ3) is 4.19. The number of methoxy groups -OCH3 is 1. The fourth-order valence-electron chi connectivity index (χ4n) is 1.95. The summed E-state index contributed by atoms with van der Waals surface area (Å²) in [7, 11) is 1.09. The number of hydrogen-bond acceptors (Lipinski definition) is 4. The minimum absolute atomic E-state index is 0.135. The van der Waals surface area contributed by atoms with Crippen LogP contribution in [0.1, 0.15) is 21.2 Å². The van der Waals surface area contributed by atoms with Gasteiger partial charge in [-0.3, -0.25) is 0 Å². The first-order valence-corrected chi connectivity index (χ1v) is 7.40. The first-order valence-electron chi connectivity index (χ1n) is 6.52. The number of carbonyl (C=O) groups excluding carboxylic acids is 1. The van der Waals surface area contributed by atoms with Gasteiger partial charge in [-0.15, -0.1) is 11.8 Å². The number of aromatic hydroxyl groups is 1. The lowest BCUT2D eigenvalue weighted by Gasteiger charge is -2.21. The van der Waals surface area contributed by atoms with Crippen LogP contribution in [0.15, 0.2) is 53.4 Å². The van der Waals surface area contributed by atoms with Crippen molar-refractivity contribution in [2.24, 2.45) is 0 Å². The zero-order chi connectivity index (χ0) is 17.0. The molecule has 2 aromatic carbocycles. The van der Waals surface area contributed by atoms with E-state index in [4.69, 9.17) is 0 Å². The van der Waals surface area contributed by atoms with Gasteiger partial charge in [0.25, 0.3) is 0 Å². The zero-order valence-electron chi connectivity index (χ0n) is 12.0. The van der Waals surface area contributed by atoms with Gasteiger partial charge in [0.1, 0.15) is 16.6 Å². The van der Waals surface area contributed by atoms with Crippen molar-refractivity contribution in [3.8, 4) is 5.75 Å². The second kappa shape index (κ2) is 6.95. The molecule has 1 unspecified atom stereocenters. The smallest absolute Gasteiger partial charge is 0.404 e. The van der Waals surface area contributed by atoms with E-state index in [2.05, 4.69) is 4.74 Å². The second-order valence-corrected chi connectivity index (χ2v) is 5.80. The van der Waals surface area contributed by atoms with Gasteiger partial charge in [-0.25, -0.2) is 4.79 Å². The number of carbonyl (C=O) groups is 1. The predicted molar refractivity (Wildman–Crippen MR) is 80.5 cm³/mol. The van der Waals surface area contributed by atoms with E-state index in [0.29, 0.717) is 16.7 Å². The zero-order valence-corrected chi connectivity index (χ0v) is 12.8. The summed E-state index contributed by atoms with van der Waals surface area (Å²) in [5.41, 5.74) is -0.433. The molecule has 2 aromatic rings. The largest absolute Gasteiger partial charge is 0.507 e. The maximum absolute atomic E-state index is 13.4. The van der Waals surface area contributed by atoms with Crippen LogP contribution in [0.5, 0.6) is 5.75 Å². The van der Waals surface area contributed by atoms with Crippen molar-refractivity contribution in [2.45, 2.75) is 16.3 Å². The molecule has 0 spiro atoms. The average molecular weight is 342 g/mol. The lowest BCUT2D eigenvalue weighted by molar-refractivity contribution is -0.129. The molecule has 1 N–H and O–H groups in total. The highest BCUT2D eigenvalue weighted by Crippen LogP contribution is 2.47. The number of hydrogen-bond donors (Lipinski definition) is 1. The number of rotatable bonds is 4. The second-order valence-electron chi connectivity index (χ2n) is 4.62. The molecular weight excluding hydrogens is 329 g/mol. The molecule has 0 aromatic heterocycles. The van der Waals surface area contributed by atoms with E-state index in [-0.39, 0.29) is 11.1 Å². The Morgan fingerprint density at radius 2 is 1.83 bits per heavy atom. The molecule has 1 atom stereocenters. The van der Waals surface area contributed by atoms with Crippen molar-refractivity contribution in [3.05, 3.63) is 59.7 Å². The molecule has 0 fully saturated rings. The number of halogens is 3. The summed E-state index contributed by atoms with van der Waals surface area (Å²) >= 11 is 0.624. The van der Waals surface area contributed by atoms with Crippen molar-refractivity contribution < 1.29 is 27.8 Å². The van der Waals surface area contributed by atoms with Crippen LogP contribution in [0.2, 0.25) is 0 Å². The summed E-state index contributed by atoms with van der Waals surface area (Å²) in [4.78, 5) is 12.0. The predicted octanol–water partition coefficient (Wildman–Crippen LogP) is 4.57. The number of phenolic OH excluding ortho intramolecular Hbond substituents is 1. The molecule has 0 bridgehead atoms. The summed E-state index contributed by atoms with van der Waals surface area (Å²) in [6, 6.07) is 11.4. The topological polar surface area (TPSA) is 46.5 Å². The quantitative estimate of drug-likeness (QED) is 0.653. The van der Waals surface area contributed by atoms with Crippen LogP contribution >= 0.6 is 11.8 Å². The summed E-state index contributed by atoms with van der Waals surface area (Å²) < 4.78 is 44.7. The lowest BCUT2D eigenvalue weighted by Crippen LogP contribution is -2.18. The molecule has 0 aliphatic heterocycles. The van der Waals surface area contributed by atoms with Crippen molar-refractivity contribution in [2.75, 3.05) is 7.11 Å². The van der Waals surface area contributed by atoms with Gasteiger partial charge >= 0.3 is 12.1 Å². The molecule has 2 rings (SSSR count). The van der Waals surface area contributed by atoms with E-state index in [1.165, 1.54) is 0 Å². The Hall–Kier alpha value is -2.15. The Kier molecular flexibility index (Phi) is 5.20. The van der Waals surface area contributed by atoms with E-state index in [1.54, 1.807) is 30.3 Å². The monoisotopic (exact) mass is 342 g/mol. The lowest BCUT2D eigenvalue weighted by atomic mass is 10.1. The van der Waals surface area contributed by atoms with Crippen molar-refractivity contribution >= 4 is 17.7 Å². The average Bonchev–Trinajstić information content (AvgIpc) is 2.52. The highest BCUT2D eigenvalue weighted by molar-refractivity contribution is 7.99. The SMILES string of the molecule is COC(=O)c1cc(C(Sc2ccccc2)C(F)(F)F)ccc1O. The highest BCUT2D eigenvalue weighted by Gasteiger charge is 2.42. The highest BCUT2D eigenvalue weighted by atomic mass is 32.2. The number of ether oxygens (including phenoxy) is 1. The number of phenols is 1. The van der Waals surface area contributed by atoms with Gasteiger partial charge in [0.15, 0.2) is 0 Å². The van der Waals surface area contributed by atoms with E-state index in [0.717, 1.165) is 25.3 Å². The standard InChI is InChI=1S/C16H13F3O3S/c1-22-15(21)12-9-10(7-8-13(12)20)14(16(17,18)19)23-11-5-3-2-4-6-11/h2-9,14,20H,1H3. The van der Waals surface area contributed by atoms with Crippen LogP contribution in [-0.2, 0) is 4.74 Å². The first-order chi connectivity index (χ1) is 10.8. The molecule has 7 heteroatoms. The van der Waals surface area contributed by atoms with Crippen molar-refractivity contribution in [1.29, 1.82) is 0 Å². The molecule has 23 heavy (non-hydrogen) atoms. The van der Waals surface area contributed by atoms with Crippen molar-refractivity contribution in [1.82, 2.24) is 0 Å². The summed E-state index contributed by atoms with van der Waals surface area (Å²) in [6.45, 7) is 0. The van der Waals surface area contributed by atoms with Gasteiger partial charge in [-0.2, -0.15) is 13.2 Å². The molecule has 122 valence electrons. The van der Waals surface area contributed by atoms with E-state index < -0.39 is 23.1 Å². The number of alkyl halides is 3. The fourth-order valence-corrected chi connectivity index (χ4v) is 2.95. The van der Waals surface area contributed by atoms with Gasteiger partial charge in [0.2, 0.25) is 0 Å². The van der Waals surface area contributed by atoms with Gasteiger partial charge in [0, 0.05) is 4.90 Å². The summed E-state index contributed by atoms with van der Waals surface area (Å²) in [6.07, 6.45) is -4.52. The minimum atomic E-state index is -4.52. The summed E-state index contributed by atoms with van der Waals surface area (Å²) in [5, 5.41) is 7.76. The Labute approximate surface area is 135 Å². The van der Waals surface area contributed by atoms with E-state index >= 15 is 0 Å². The van der Waals surface area contributed by atoms with E-state index in [1.807, 2.05) is 0 Å². The Balaban J connectivity index is 2.42. The van der Waals surface area contributed by atoms with Gasteiger partial charge < -0.3 is 9.84 Å². The fraction of sp³-hybridized carbons (Fsp3) is 0.188. The molecule has 3 nitrogen and oxygen atoms in total. The van der Waals surface area contributed by atoms with Crippen molar-refractivity contribution in [3.63, 3.8) is 0 Å². The van der Waals surface area contributed by atoms with Gasteiger partial charge in [-0.1, -0.05) is 24.3 Å². The molecule has 0 radical (unpaired) electrons. The third-order valence-electron chi connectivity index (χ3n) is 3.02. The Morgan fingerprint density at radius 1 is 1.17 bits per heavy atom. The maximum Gasteiger partial charge on any atom is 0.404 e. The van der Waals surface area contributed by atoms with Crippen LogP contribution in [0.3, 0.4) is 0 Å². The number of esters is 1. The van der Waals surface area contributed by atoms with Crippen LogP contribution in [0.4, 0.5) is 13.2 Å². The molecule has 0 saturated carbocycles. The van der Waals surface area contributed by atoms with Crippen LogP contribution < -0.4 is 0 Å². The normalized spacial score (nSPS) is 12.7. The Morgan fingerprint density at radius 3 is 2.39 bits per heavy atom. The first kappa shape index (κ1) is 17.2. The molecule has 0 heterocycles. The number of benzene rings is 2. The molecular formula is C16H13F3O3S. The maximum atomic E-state index is 13.4. The van der Waals surface area contributed by atoms with Crippen LogP contribution in [-0.4, -0.2) is 24.4 Å². The molecule has 0 aliphatic carbocycles. The third-order valence-corrected chi connectivity index (χ3v) is 4.34. The summed E-state index contributed by atoms with van der Waals surface area (Å²) in [5.74, 6) is -1.32.